The van der Waals surface area contributed by atoms with Gasteiger partial charge in [0.25, 0.3) is 5.91 Å². The van der Waals surface area contributed by atoms with Crippen molar-refractivity contribution in [1.29, 1.82) is 0 Å². The van der Waals surface area contributed by atoms with Crippen LogP contribution in [0.2, 0.25) is 0 Å². The van der Waals surface area contributed by atoms with Crippen LogP contribution in [0, 0.1) is 18.7 Å². The number of benzene rings is 2. The molecule has 3 heterocycles. The van der Waals surface area contributed by atoms with E-state index in [9.17, 15) is 9.18 Å². The van der Waals surface area contributed by atoms with Crippen LogP contribution in [0.3, 0.4) is 0 Å². The molecule has 0 spiro atoms. The Balaban J connectivity index is 1.17. The van der Waals surface area contributed by atoms with Crippen molar-refractivity contribution in [2.24, 2.45) is 5.92 Å². The maximum atomic E-state index is 13.9. The fraction of sp³-hybridized carbons (Fsp3) is 0.308. The monoisotopic (exact) mass is 447 g/mol. The van der Waals surface area contributed by atoms with Gasteiger partial charge in [-0.1, -0.05) is 29.8 Å². The molecule has 1 saturated heterocycles. The van der Waals surface area contributed by atoms with Crippen molar-refractivity contribution in [3.05, 3.63) is 76.4 Å². The summed E-state index contributed by atoms with van der Waals surface area (Å²) in [5.74, 6) is 0.290. The summed E-state index contributed by atoms with van der Waals surface area (Å²) >= 11 is 1.45. The number of carbonyl (C=O) groups is 1. The quantitative estimate of drug-likeness (QED) is 0.437. The number of nitrogens with zero attached hydrogens (tertiary/aromatic N) is 2. The molecule has 0 unspecified atom stereocenters. The molecule has 0 saturated carbocycles. The highest BCUT2D eigenvalue weighted by Crippen LogP contribution is 2.28. The minimum Gasteiger partial charge on any atom is -0.351 e. The van der Waals surface area contributed by atoms with Gasteiger partial charge in [0.05, 0.1) is 10.4 Å². The van der Waals surface area contributed by atoms with Crippen molar-refractivity contribution < 1.29 is 9.18 Å². The summed E-state index contributed by atoms with van der Waals surface area (Å²) in [7, 11) is 0. The van der Waals surface area contributed by atoms with Gasteiger partial charge in [0.15, 0.2) is 0 Å². The molecule has 1 fully saturated rings. The third-order valence-electron chi connectivity index (χ3n) is 6.29. The van der Waals surface area contributed by atoms with E-state index < -0.39 is 0 Å². The van der Waals surface area contributed by atoms with E-state index >= 15 is 0 Å². The zero-order valence-electron chi connectivity index (χ0n) is 18.1. The third-order valence-corrected chi connectivity index (χ3v) is 7.33. The highest BCUT2D eigenvalue weighted by atomic mass is 32.1. The average Bonchev–Trinajstić information content (AvgIpc) is 3.21. The molecule has 0 bridgehead atoms. The maximum absolute atomic E-state index is 13.9. The van der Waals surface area contributed by atoms with Crippen molar-refractivity contribution in [3.63, 3.8) is 0 Å². The lowest BCUT2D eigenvalue weighted by atomic mass is 9.96. The van der Waals surface area contributed by atoms with Crippen LogP contribution in [0.1, 0.15) is 33.6 Å². The summed E-state index contributed by atoms with van der Waals surface area (Å²) in [5.41, 5.74) is 2.91. The molecule has 2 aromatic heterocycles. The van der Waals surface area contributed by atoms with E-state index in [1.165, 1.54) is 23.0 Å². The molecule has 1 aliphatic heterocycles. The molecule has 4 nitrogen and oxygen atoms in total. The number of piperidine rings is 1. The molecule has 32 heavy (non-hydrogen) atoms. The number of pyridine rings is 1. The molecule has 1 aliphatic rings. The number of amides is 1. The van der Waals surface area contributed by atoms with Crippen LogP contribution < -0.4 is 5.32 Å². The number of thiophene rings is 1. The minimum absolute atomic E-state index is 0.0259. The molecule has 0 atom stereocenters. The van der Waals surface area contributed by atoms with E-state index in [2.05, 4.69) is 35.3 Å². The van der Waals surface area contributed by atoms with Crippen LogP contribution in [0.4, 0.5) is 4.39 Å². The lowest BCUT2D eigenvalue weighted by molar-refractivity contribution is 0.0939. The van der Waals surface area contributed by atoms with Crippen LogP contribution in [0.15, 0.2) is 54.6 Å². The van der Waals surface area contributed by atoms with E-state index in [1.807, 2.05) is 24.3 Å². The second kappa shape index (κ2) is 8.96. The molecule has 6 heteroatoms. The molecule has 1 N–H and O–H groups in total. The van der Waals surface area contributed by atoms with Gasteiger partial charge in [0.1, 0.15) is 10.6 Å². The van der Waals surface area contributed by atoms with Gasteiger partial charge in [-0.05, 0) is 69.1 Å². The fourth-order valence-corrected chi connectivity index (χ4v) is 5.35. The summed E-state index contributed by atoms with van der Waals surface area (Å²) in [6.07, 6.45) is 2.01. The Labute approximate surface area is 191 Å². The lowest BCUT2D eigenvalue weighted by Gasteiger charge is -2.32. The third kappa shape index (κ3) is 4.52. The Bertz CT molecular complexity index is 1280. The first-order valence-electron chi connectivity index (χ1n) is 11.1. The van der Waals surface area contributed by atoms with Crippen molar-refractivity contribution in [2.75, 3.05) is 19.6 Å². The summed E-state index contributed by atoms with van der Waals surface area (Å²) in [6, 6.07) is 17.3. The zero-order valence-corrected chi connectivity index (χ0v) is 18.9. The normalized spacial score (nSPS) is 15.4. The molecule has 5 rings (SSSR count). The number of carbonyl (C=O) groups excluding carboxylic acids is 1. The van der Waals surface area contributed by atoms with E-state index in [1.54, 1.807) is 6.07 Å². The summed E-state index contributed by atoms with van der Waals surface area (Å²) in [4.78, 5) is 21.4. The molecular formula is C26H26FN3OS. The smallest absolute Gasteiger partial charge is 0.261 e. The van der Waals surface area contributed by atoms with Crippen molar-refractivity contribution in [3.8, 4) is 0 Å². The number of rotatable bonds is 5. The number of hydrogen-bond donors (Lipinski definition) is 1. The molecule has 0 radical (unpaired) electrons. The van der Waals surface area contributed by atoms with Gasteiger partial charge in [-0.3, -0.25) is 9.69 Å². The van der Waals surface area contributed by atoms with E-state index in [-0.39, 0.29) is 11.7 Å². The Morgan fingerprint density at radius 3 is 2.75 bits per heavy atom. The number of hydrogen-bond acceptors (Lipinski definition) is 4. The standard InChI is InChI=1S/C26H26FN3OS/c1-17-6-7-23-20(12-17)13-21-14-24(32-26(21)29-23)25(31)28-15-18-8-10-30(11-9-18)16-19-4-2-3-5-22(19)27/h2-7,12-14,18H,8-11,15-16H2,1H3,(H,28,31). The van der Waals surface area contributed by atoms with Gasteiger partial charge in [-0.15, -0.1) is 11.3 Å². The molecule has 1 amide bonds. The van der Waals surface area contributed by atoms with Crippen LogP contribution in [0.5, 0.6) is 0 Å². The largest absolute Gasteiger partial charge is 0.351 e. The van der Waals surface area contributed by atoms with E-state index in [0.29, 0.717) is 23.9 Å². The summed E-state index contributed by atoms with van der Waals surface area (Å²) in [6.45, 7) is 5.24. The molecule has 2 aromatic carbocycles. The Morgan fingerprint density at radius 2 is 1.94 bits per heavy atom. The Morgan fingerprint density at radius 1 is 1.12 bits per heavy atom. The van der Waals surface area contributed by atoms with Gasteiger partial charge >= 0.3 is 0 Å². The highest BCUT2D eigenvalue weighted by Gasteiger charge is 2.21. The number of aryl methyl sites for hydroxylation is 1. The predicted molar refractivity (Wildman–Crippen MR) is 129 cm³/mol. The number of nitrogens with one attached hydrogen (secondary N) is 1. The molecule has 0 aliphatic carbocycles. The van der Waals surface area contributed by atoms with Crippen LogP contribution in [0.25, 0.3) is 21.1 Å². The second-order valence-electron chi connectivity index (χ2n) is 8.71. The molecule has 164 valence electrons. The number of fused-ring (bicyclic) bond motifs is 2. The fourth-order valence-electron chi connectivity index (χ4n) is 4.41. The maximum Gasteiger partial charge on any atom is 0.261 e. The van der Waals surface area contributed by atoms with Gasteiger partial charge in [-0.2, -0.15) is 0 Å². The average molecular weight is 448 g/mol. The molecular weight excluding hydrogens is 421 g/mol. The number of aromatic nitrogens is 1. The van der Waals surface area contributed by atoms with Crippen molar-refractivity contribution in [1.82, 2.24) is 15.2 Å². The van der Waals surface area contributed by atoms with Gasteiger partial charge in [0, 0.05) is 29.4 Å². The first-order valence-corrected chi connectivity index (χ1v) is 11.9. The Hall–Kier alpha value is -2.83. The van der Waals surface area contributed by atoms with Gasteiger partial charge < -0.3 is 5.32 Å². The topological polar surface area (TPSA) is 45.2 Å². The van der Waals surface area contributed by atoms with Gasteiger partial charge in [0.2, 0.25) is 0 Å². The summed E-state index contributed by atoms with van der Waals surface area (Å²) in [5, 5.41) is 5.23. The van der Waals surface area contributed by atoms with Crippen LogP contribution >= 0.6 is 11.3 Å². The van der Waals surface area contributed by atoms with E-state index in [4.69, 9.17) is 4.98 Å². The Kier molecular flexibility index (Phi) is 5.89. The zero-order chi connectivity index (χ0) is 22.1. The first-order chi connectivity index (χ1) is 15.5. The highest BCUT2D eigenvalue weighted by molar-refractivity contribution is 7.20. The number of halogens is 1. The van der Waals surface area contributed by atoms with Crippen LogP contribution in [-0.4, -0.2) is 35.4 Å². The second-order valence-corrected chi connectivity index (χ2v) is 9.74. The molecule has 4 aromatic rings. The predicted octanol–water partition coefficient (Wildman–Crippen LogP) is 5.54. The number of likely N-dealkylation sites (tertiary alicyclic amines) is 1. The SMILES string of the molecule is Cc1ccc2nc3sc(C(=O)NCC4CCN(Cc5ccccc5F)CC4)cc3cc2c1. The van der Waals surface area contributed by atoms with Crippen LogP contribution in [-0.2, 0) is 6.54 Å². The van der Waals surface area contributed by atoms with Crippen molar-refractivity contribution >= 4 is 38.4 Å². The minimum atomic E-state index is -0.136. The summed E-state index contributed by atoms with van der Waals surface area (Å²) < 4.78 is 13.9. The van der Waals surface area contributed by atoms with Crippen molar-refractivity contribution in [2.45, 2.75) is 26.3 Å². The lowest BCUT2D eigenvalue weighted by Crippen LogP contribution is -2.38. The first kappa shape index (κ1) is 21.0. The van der Waals surface area contributed by atoms with E-state index in [0.717, 1.165) is 52.6 Å². The van der Waals surface area contributed by atoms with Gasteiger partial charge in [-0.25, -0.2) is 9.37 Å².